The highest BCUT2D eigenvalue weighted by Crippen LogP contribution is 2.25. The normalized spacial score (nSPS) is 11.4. The fourth-order valence-electron chi connectivity index (χ4n) is 3.21. The molecule has 0 aliphatic heterocycles. The van der Waals surface area contributed by atoms with Crippen molar-refractivity contribution in [3.63, 3.8) is 0 Å². The number of nitrogens with one attached hydrogen (secondary N) is 1. The number of nitriles is 1. The molecule has 4 rings (SSSR count). The van der Waals surface area contributed by atoms with E-state index in [1.54, 1.807) is 19.1 Å². The van der Waals surface area contributed by atoms with Gasteiger partial charge in [-0.1, -0.05) is 53.7 Å². The Kier molecular flexibility index (Phi) is 4.95. The summed E-state index contributed by atoms with van der Waals surface area (Å²) in [5, 5.41) is 16.8. The molecule has 1 amide bonds. The zero-order valence-electron chi connectivity index (χ0n) is 15.8. The van der Waals surface area contributed by atoms with Crippen molar-refractivity contribution in [2.75, 3.05) is 5.32 Å². The number of aryl methyl sites for hydroxylation is 1. The van der Waals surface area contributed by atoms with E-state index in [2.05, 4.69) is 27.2 Å². The van der Waals surface area contributed by atoms with Crippen LogP contribution in [0.15, 0.2) is 77.0 Å². The second-order valence-corrected chi connectivity index (χ2v) is 6.66. The van der Waals surface area contributed by atoms with Crippen LogP contribution in [0.1, 0.15) is 16.9 Å². The molecule has 0 fully saturated rings. The fraction of sp³-hybridized carbons (Fsp3) is 0.0870. The Balaban J connectivity index is 1.69. The molecule has 0 bridgehead atoms. The highest BCUT2D eigenvalue weighted by atomic mass is 16.5. The van der Waals surface area contributed by atoms with Crippen LogP contribution in [0.4, 0.5) is 5.82 Å². The third kappa shape index (κ3) is 3.94. The van der Waals surface area contributed by atoms with Crippen LogP contribution in [-0.4, -0.2) is 15.6 Å². The first-order valence-electron chi connectivity index (χ1n) is 9.12. The lowest BCUT2D eigenvalue weighted by atomic mass is 10.1. The van der Waals surface area contributed by atoms with Gasteiger partial charge in [-0.15, -0.1) is 0 Å². The smallest absolute Gasteiger partial charge is 0.267 e. The molecular formula is C23H18N4O2. The van der Waals surface area contributed by atoms with Crippen LogP contribution >= 0.6 is 0 Å². The maximum Gasteiger partial charge on any atom is 0.267 e. The second kappa shape index (κ2) is 7.87. The Morgan fingerprint density at radius 3 is 2.69 bits per heavy atom. The van der Waals surface area contributed by atoms with E-state index in [4.69, 9.17) is 4.52 Å². The Morgan fingerprint density at radius 2 is 1.97 bits per heavy atom. The number of benzene rings is 2. The number of carbonyl (C=O) groups is 1. The standard InChI is InChI=1S/C23H18N4O2/c1-16-11-22(26-29-16)25-23(28)18(13-24)12-19-15-27(14-17-7-3-2-4-8-17)21-10-6-5-9-20(19)21/h2-12,15H,14H2,1H3,(H,25,26,28)/b18-12-. The molecule has 2 heterocycles. The van der Waals surface area contributed by atoms with Gasteiger partial charge >= 0.3 is 0 Å². The molecule has 0 atom stereocenters. The van der Waals surface area contributed by atoms with Gasteiger partial charge in [-0.05, 0) is 24.6 Å². The highest BCUT2D eigenvalue weighted by Gasteiger charge is 2.14. The molecule has 6 nitrogen and oxygen atoms in total. The highest BCUT2D eigenvalue weighted by molar-refractivity contribution is 6.10. The number of aromatic nitrogens is 2. The summed E-state index contributed by atoms with van der Waals surface area (Å²) in [5.41, 5.74) is 3.00. The lowest BCUT2D eigenvalue weighted by Gasteiger charge is -2.05. The average Bonchev–Trinajstić information content (AvgIpc) is 3.30. The first-order chi connectivity index (χ1) is 14.1. The molecular weight excluding hydrogens is 364 g/mol. The van der Waals surface area contributed by atoms with Crippen molar-refractivity contribution < 1.29 is 9.32 Å². The van der Waals surface area contributed by atoms with E-state index in [0.29, 0.717) is 12.3 Å². The Labute approximate surface area is 167 Å². The molecule has 2 aromatic heterocycles. The predicted molar refractivity (Wildman–Crippen MR) is 111 cm³/mol. The second-order valence-electron chi connectivity index (χ2n) is 6.66. The molecule has 142 valence electrons. The van der Waals surface area contributed by atoms with Gasteiger partial charge in [0.2, 0.25) is 0 Å². The van der Waals surface area contributed by atoms with Gasteiger partial charge in [0.25, 0.3) is 5.91 Å². The number of hydrogen-bond acceptors (Lipinski definition) is 4. The molecule has 0 aliphatic carbocycles. The SMILES string of the molecule is Cc1cc(NC(=O)/C(C#N)=C\c2cn(Cc3ccccc3)c3ccccc23)no1. The topological polar surface area (TPSA) is 83.9 Å². The molecule has 0 saturated carbocycles. The van der Waals surface area contributed by atoms with Gasteiger partial charge in [-0.25, -0.2) is 0 Å². The van der Waals surface area contributed by atoms with Crippen LogP contribution in [0.5, 0.6) is 0 Å². The minimum absolute atomic E-state index is 0.00623. The van der Waals surface area contributed by atoms with Gasteiger partial charge in [0.15, 0.2) is 5.82 Å². The van der Waals surface area contributed by atoms with E-state index in [1.807, 2.05) is 54.7 Å². The van der Waals surface area contributed by atoms with Gasteiger partial charge < -0.3 is 14.4 Å². The summed E-state index contributed by atoms with van der Waals surface area (Å²) >= 11 is 0. The number of nitrogens with zero attached hydrogens (tertiary/aromatic N) is 3. The van der Waals surface area contributed by atoms with Crippen molar-refractivity contribution in [1.82, 2.24) is 9.72 Å². The van der Waals surface area contributed by atoms with E-state index in [-0.39, 0.29) is 11.4 Å². The molecule has 6 heteroatoms. The summed E-state index contributed by atoms with van der Waals surface area (Å²) < 4.78 is 7.06. The quantitative estimate of drug-likeness (QED) is 0.406. The van der Waals surface area contributed by atoms with Crippen molar-refractivity contribution in [3.8, 4) is 6.07 Å². The summed E-state index contributed by atoms with van der Waals surface area (Å²) in [4.78, 5) is 12.5. The maximum atomic E-state index is 12.5. The van der Waals surface area contributed by atoms with Crippen molar-refractivity contribution in [3.05, 3.63) is 89.3 Å². The Morgan fingerprint density at radius 1 is 1.21 bits per heavy atom. The number of amides is 1. The fourth-order valence-corrected chi connectivity index (χ4v) is 3.21. The van der Waals surface area contributed by atoms with Gasteiger partial charge in [-0.3, -0.25) is 4.79 Å². The first-order valence-corrected chi connectivity index (χ1v) is 9.12. The number of hydrogen-bond donors (Lipinski definition) is 1. The molecule has 1 N–H and O–H groups in total. The van der Waals surface area contributed by atoms with Crippen LogP contribution in [0.2, 0.25) is 0 Å². The Hall–Kier alpha value is -4.11. The van der Waals surface area contributed by atoms with Crippen LogP contribution in [0.25, 0.3) is 17.0 Å². The molecule has 2 aromatic carbocycles. The zero-order chi connectivity index (χ0) is 20.2. The summed E-state index contributed by atoms with van der Waals surface area (Å²) in [6, 6.07) is 21.6. The average molecular weight is 382 g/mol. The number of fused-ring (bicyclic) bond motifs is 1. The van der Waals surface area contributed by atoms with E-state index >= 15 is 0 Å². The van der Waals surface area contributed by atoms with Gasteiger partial charge in [-0.2, -0.15) is 5.26 Å². The molecule has 0 saturated heterocycles. The molecule has 29 heavy (non-hydrogen) atoms. The van der Waals surface area contributed by atoms with Gasteiger partial charge in [0.05, 0.1) is 0 Å². The number of para-hydroxylation sites is 1. The van der Waals surface area contributed by atoms with Crippen molar-refractivity contribution in [1.29, 1.82) is 5.26 Å². The lowest BCUT2D eigenvalue weighted by Crippen LogP contribution is -2.13. The van der Waals surface area contributed by atoms with Crippen molar-refractivity contribution in [2.24, 2.45) is 0 Å². The number of carbonyl (C=O) groups excluding carboxylic acids is 1. The van der Waals surface area contributed by atoms with Crippen LogP contribution in [0, 0.1) is 18.3 Å². The summed E-state index contributed by atoms with van der Waals surface area (Å²) in [5.74, 6) is 0.326. The molecule has 0 unspecified atom stereocenters. The lowest BCUT2D eigenvalue weighted by molar-refractivity contribution is -0.112. The number of anilines is 1. The van der Waals surface area contributed by atoms with E-state index in [0.717, 1.165) is 16.5 Å². The molecule has 0 aliphatic rings. The molecule has 0 spiro atoms. The molecule has 4 aromatic rings. The maximum absolute atomic E-state index is 12.5. The third-order valence-corrected chi connectivity index (χ3v) is 4.55. The third-order valence-electron chi connectivity index (χ3n) is 4.55. The predicted octanol–water partition coefficient (Wildman–Crippen LogP) is 4.53. The largest absolute Gasteiger partial charge is 0.360 e. The van der Waals surface area contributed by atoms with E-state index < -0.39 is 5.91 Å². The summed E-state index contributed by atoms with van der Waals surface area (Å²) in [7, 11) is 0. The Bertz CT molecular complexity index is 1240. The van der Waals surface area contributed by atoms with Crippen LogP contribution in [0.3, 0.4) is 0 Å². The summed E-state index contributed by atoms with van der Waals surface area (Å²) in [6.07, 6.45) is 3.56. The minimum atomic E-state index is -0.527. The van der Waals surface area contributed by atoms with Gasteiger partial charge in [0.1, 0.15) is 17.4 Å². The number of rotatable bonds is 5. The van der Waals surface area contributed by atoms with Crippen LogP contribution < -0.4 is 5.32 Å². The van der Waals surface area contributed by atoms with Gasteiger partial charge in [0, 0.05) is 35.3 Å². The monoisotopic (exact) mass is 382 g/mol. The first kappa shape index (κ1) is 18.3. The van der Waals surface area contributed by atoms with Crippen molar-refractivity contribution >= 4 is 28.7 Å². The van der Waals surface area contributed by atoms with Crippen LogP contribution in [-0.2, 0) is 11.3 Å². The summed E-state index contributed by atoms with van der Waals surface area (Å²) in [6.45, 7) is 2.42. The van der Waals surface area contributed by atoms with E-state index in [9.17, 15) is 10.1 Å². The minimum Gasteiger partial charge on any atom is -0.360 e. The molecule has 0 radical (unpaired) electrons. The van der Waals surface area contributed by atoms with Crippen molar-refractivity contribution in [2.45, 2.75) is 13.5 Å². The zero-order valence-corrected chi connectivity index (χ0v) is 15.8. The van der Waals surface area contributed by atoms with E-state index in [1.165, 1.54) is 5.56 Å².